The first-order chi connectivity index (χ1) is 34.0. The standard InChI is InChI=1S/C63H123NO5/c1-3-5-7-9-11-13-15-17-19-20-21-22-23-24-25-26-27-29-31-35-39-43-47-51-55-61(66)60(59-65)64-62(67)56-52-48-44-40-36-32-30-34-38-42-46-50-54-58-69-63(68)57-53-49-45-41-37-33-28-18-16-14-12-10-8-6-4-2/h32,36,60-61,65-66H,3-31,33-35,37-59H2,1-2H3,(H,64,67)/b36-32-. The predicted octanol–water partition coefficient (Wildman–Crippen LogP) is 19.6. The summed E-state index contributed by atoms with van der Waals surface area (Å²) >= 11 is 0. The van der Waals surface area contributed by atoms with Gasteiger partial charge in [-0.15, -0.1) is 0 Å². The smallest absolute Gasteiger partial charge is 0.305 e. The summed E-state index contributed by atoms with van der Waals surface area (Å²) in [6.45, 7) is 4.95. The Morgan fingerprint density at radius 3 is 1.04 bits per heavy atom. The molecule has 2 unspecified atom stereocenters. The first-order valence-electron chi connectivity index (χ1n) is 31.4. The predicted molar refractivity (Wildman–Crippen MR) is 301 cm³/mol. The van der Waals surface area contributed by atoms with Crippen molar-refractivity contribution in [1.82, 2.24) is 5.32 Å². The highest BCUT2D eigenvalue weighted by Crippen LogP contribution is 2.18. The van der Waals surface area contributed by atoms with Gasteiger partial charge >= 0.3 is 5.97 Å². The molecule has 0 spiro atoms. The summed E-state index contributed by atoms with van der Waals surface area (Å²) in [4.78, 5) is 24.6. The molecule has 6 heteroatoms. The third kappa shape index (κ3) is 55.8. The molecule has 3 N–H and O–H groups in total. The van der Waals surface area contributed by atoms with Gasteiger partial charge in [-0.1, -0.05) is 302 Å². The van der Waals surface area contributed by atoms with Gasteiger partial charge in [0.2, 0.25) is 5.91 Å². The molecule has 0 fully saturated rings. The van der Waals surface area contributed by atoms with E-state index in [4.69, 9.17) is 4.74 Å². The molecular weight excluding hydrogens is 851 g/mol. The van der Waals surface area contributed by atoms with Gasteiger partial charge < -0.3 is 20.3 Å². The molecule has 1 amide bonds. The zero-order valence-electron chi connectivity index (χ0n) is 46.8. The Morgan fingerprint density at radius 2 is 0.681 bits per heavy atom. The summed E-state index contributed by atoms with van der Waals surface area (Å²) < 4.78 is 5.47. The average molecular weight is 975 g/mol. The summed E-state index contributed by atoms with van der Waals surface area (Å²) in [6, 6.07) is -0.562. The molecular formula is C63H123NO5. The van der Waals surface area contributed by atoms with Crippen molar-refractivity contribution in [3.8, 4) is 0 Å². The minimum Gasteiger partial charge on any atom is -0.466 e. The second kappa shape index (κ2) is 59.2. The lowest BCUT2D eigenvalue weighted by atomic mass is 10.0. The molecule has 410 valence electrons. The Labute approximate surface area is 431 Å². The van der Waals surface area contributed by atoms with Crippen molar-refractivity contribution >= 4 is 11.9 Å². The number of unbranched alkanes of at least 4 members (excludes halogenated alkanes) is 46. The van der Waals surface area contributed by atoms with Gasteiger partial charge in [0.25, 0.3) is 0 Å². The fourth-order valence-electron chi connectivity index (χ4n) is 9.99. The quantitative estimate of drug-likeness (QED) is 0.0321. The first-order valence-corrected chi connectivity index (χ1v) is 31.4. The lowest BCUT2D eigenvalue weighted by Crippen LogP contribution is -2.45. The van der Waals surface area contributed by atoms with Crippen molar-refractivity contribution in [1.29, 1.82) is 0 Å². The van der Waals surface area contributed by atoms with E-state index in [9.17, 15) is 19.8 Å². The number of carbonyl (C=O) groups excluding carboxylic acids is 2. The number of ether oxygens (including phenoxy) is 1. The minimum atomic E-state index is -0.682. The highest BCUT2D eigenvalue weighted by molar-refractivity contribution is 5.76. The van der Waals surface area contributed by atoms with E-state index >= 15 is 0 Å². The summed E-state index contributed by atoms with van der Waals surface area (Å²) in [7, 11) is 0. The van der Waals surface area contributed by atoms with E-state index in [2.05, 4.69) is 31.3 Å². The number of carbonyl (C=O) groups is 2. The van der Waals surface area contributed by atoms with Crippen molar-refractivity contribution in [3.63, 3.8) is 0 Å². The maximum absolute atomic E-state index is 12.5. The van der Waals surface area contributed by atoms with Crippen molar-refractivity contribution in [2.24, 2.45) is 0 Å². The summed E-state index contributed by atoms with van der Waals surface area (Å²) in [5.74, 6) is -0.0687. The topological polar surface area (TPSA) is 95.9 Å². The molecule has 0 aromatic carbocycles. The molecule has 0 saturated carbocycles. The lowest BCUT2D eigenvalue weighted by Gasteiger charge is -2.22. The fraction of sp³-hybridized carbons (Fsp3) is 0.937. The number of esters is 1. The molecule has 0 bridgehead atoms. The van der Waals surface area contributed by atoms with Crippen LogP contribution in [0, 0.1) is 0 Å². The van der Waals surface area contributed by atoms with Crippen LogP contribution in [0.15, 0.2) is 12.2 Å². The third-order valence-electron chi connectivity index (χ3n) is 14.8. The fourth-order valence-corrected chi connectivity index (χ4v) is 9.99. The molecule has 0 saturated heterocycles. The number of allylic oxidation sites excluding steroid dienone is 2. The normalized spacial score (nSPS) is 12.6. The summed E-state index contributed by atoms with van der Waals surface area (Å²) in [6.07, 6.45) is 70.8. The van der Waals surface area contributed by atoms with Crippen LogP contribution in [0.4, 0.5) is 0 Å². The maximum Gasteiger partial charge on any atom is 0.305 e. The number of rotatable bonds is 59. The van der Waals surface area contributed by atoms with Crippen LogP contribution in [-0.2, 0) is 14.3 Å². The number of amides is 1. The molecule has 0 aliphatic heterocycles. The zero-order chi connectivity index (χ0) is 50.0. The van der Waals surface area contributed by atoms with E-state index < -0.39 is 12.1 Å². The van der Waals surface area contributed by atoms with Crippen LogP contribution in [0.25, 0.3) is 0 Å². The van der Waals surface area contributed by atoms with Gasteiger partial charge in [0.1, 0.15) is 0 Å². The lowest BCUT2D eigenvalue weighted by molar-refractivity contribution is -0.143. The van der Waals surface area contributed by atoms with E-state index in [1.54, 1.807) is 0 Å². The molecule has 0 aromatic rings. The number of hydrogen-bond donors (Lipinski definition) is 3. The minimum absolute atomic E-state index is 0.00837. The first kappa shape index (κ1) is 67.6. The van der Waals surface area contributed by atoms with Gasteiger partial charge in [-0.25, -0.2) is 0 Å². The van der Waals surface area contributed by atoms with Crippen LogP contribution in [0.3, 0.4) is 0 Å². The Morgan fingerprint density at radius 1 is 0.391 bits per heavy atom. The van der Waals surface area contributed by atoms with Gasteiger partial charge in [-0.05, 0) is 51.4 Å². The van der Waals surface area contributed by atoms with Gasteiger partial charge in [0.05, 0.1) is 25.4 Å². The SMILES string of the molecule is CCCCCCCCCCCCCCCCCCCCCCCCCCC(O)C(CO)NC(=O)CCCCC/C=C\CCCCCCCCOC(=O)CCCCCCCCCCCCCCCCC. The molecule has 0 aliphatic rings. The van der Waals surface area contributed by atoms with E-state index in [-0.39, 0.29) is 18.5 Å². The van der Waals surface area contributed by atoms with Gasteiger partial charge in [-0.3, -0.25) is 9.59 Å². The van der Waals surface area contributed by atoms with Gasteiger partial charge in [0.15, 0.2) is 0 Å². The maximum atomic E-state index is 12.5. The van der Waals surface area contributed by atoms with Crippen LogP contribution >= 0.6 is 0 Å². The number of aliphatic hydroxyl groups excluding tert-OH is 2. The van der Waals surface area contributed by atoms with Crippen LogP contribution in [-0.4, -0.2) is 47.4 Å². The summed E-state index contributed by atoms with van der Waals surface area (Å²) in [5, 5.41) is 23.4. The highest BCUT2D eigenvalue weighted by atomic mass is 16.5. The number of aliphatic hydroxyl groups is 2. The largest absolute Gasteiger partial charge is 0.466 e. The van der Waals surface area contributed by atoms with Crippen LogP contribution < -0.4 is 5.32 Å². The van der Waals surface area contributed by atoms with Crippen LogP contribution in [0.2, 0.25) is 0 Å². The number of hydrogen-bond acceptors (Lipinski definition) is 5. The molecule has 0 radical (unpaired) electrons. The Hall–Kier alpha value is -1.40. The molecule has 0 heterocycles. The average Bonchev–Trinajstić information content (AvgIpc) is 3.35. The Bertz CT molecular complexity index is 1030. The van der Waals surface area contributed by atoms with E-state index in [1.165, 1.54) is 250 Å². The summed E-state index contributed by atoms with van der Waals surface area (Å²) in [5.41, 5.74) is 0. The Kier molecular flexibility index (Phi) is 58.0. The molecule has 2 atom stereocenters. The van der Waals surface area contributed by atoms with E-state index in [1.807, 2.05) is 0 Å². The molecule has 69 heavy (non-hydrogen) atoms. The number of nitrogens with one attached hydrogen (secondary N) is 1. The third-order valence-corrected chi connectivity index (χ3v) is 14.8. The molecule has 6 nitrogen and oxygen atoms in total. The van der Waals surface area contributed by atoms with Gasteiger partial charge in [0, 0.05) is 12.8 Å². The second-order valence-corrected chi connectivity index (χ2v) is 21.7. The van der Waals surface area contributed by atoms with Crippen molar-refractivity contribution in [2.45, 2.75) is 366 Å². The monoisotopic (exact) mass is 974 g/mol. The highest BCUT2D eigenvalue weighted by Gasteiger charge is 2.20. The van der Waals surface area contributed by atoms with Crippen molar-refractivity contribution in [3.05, 3.63) is 12.2 Å². The molecule has 0 aliphatic carbocycles. The van der Waals surface area contributed by atoms with Crippen molar-refractivity contribution in [2.75, 3.05) is 13.2 Å². The molecule has 0 aromatic heterocycles. The zero-order valence-corrected chi connectivity index (χ0v) is 46.8. The van der Waals surface area contributed by atoms with E-state index in [0.717, 1.165) is 70.6 Å². The second-order valence-electron chi connectivity index (χ2n) is 21.7. The van der Waals surface area contributed by atoms with Crippen LogP contribution in [0.1, 0.15) is 354 Å². The van der Waals surface area contributed by atoms with Crippen molar-refractivity contribution < 1.29 is 24.5 Å². The van der Waals surface area contributed by atoms with Gasteiger partial charge in [-0.2, -0.15) is 0 Å². The van der Waals surface area contributed by atoms with E-state index in [0.29, 0.717) is 25.9 Å². The molecule has 0 rings (SSSR count). The Balaban J connectivity index is 3.46. The van der Waals surface area contributed by atoms with Crippen LogP contribution in [0.5, 0.6) is 0 Å².